The van der Waals surface area contributed by atoms with Gasteiger partial charge >= 0.3 is 11.7 Å². The van der Waals surface area contributed by atoms with Crippen molar-refractivity contribution in [3.05, 3.63) is 28.4 Å². The third-order valence-corrected chi connectivity index (χ3v) is 2.30. The summed E-state index contributed by atoms with van der Waals surface area (Å²) in [5, 5.41) is 10.9. The van der Waals surface area contributed by atoms with E-state index in [0.29, 0.717) is 6.54 Å². The van der Waals surface area contributed by atoms with Gasteiger partial charge in [0.05, 0.1) is 12.0 Å². The molecule has 0 unspecified atom stereocenters. The third kappa shape index (κ3) is 3.41. The number of hydrogen-bond donors (Lipinski definition) is 0. The van der Waals surface area contributed by atoms with Gasteiger partial charge in [0.2, 0.25) is 5.82 Å². The predicted molar refractivity (Wildman–Crippen MR) is 65.4 cm³/mol. The first-order chi connectivity index (χ1) is 8.60. The highest BCUT2D eigenvalue weighted by Crippen LogP contribution is 2.24. The molecule has 0 spiro atoms. The normalized spacial score (nSPS) is 9.89. The molecule has 0 atom stereocenters. The number of hydrogen-bond acceptors (Lipinski definition) is 6. The lowest BCUT2D eigenvalue weighted by Gasteiger charge is -2.21. The monoisotopic (exact) mass is 253 g/mol. The summed E-state index contributed by atoms with van der Waals surface area (Å²) in [6.45, 7) is 2.36. The van der Waals surface area contributed by atoms with Crippen molar-refractivity contribution in [1.29, 1.82) is 0 Å². The largest absolute Gasteiger partial charge is 0.468 e. The van der Waals surface area contributed by atoms with Crippen molar-refractivity contribution in [2.75, 3.05) is 25.1 Å². The van der Waals surface area contributed by atoms with Crippen LogP contribution in [0, 0.1) is 10.1 Å². The van der Waals surface area contributed by atoms with Crippen LogP contribution in [0.1, 0.15) is 13.3 Å². The summed E-state index contributed by atoms with van der Waals surface area (Å²) < 4.78 is 4.57. The second-order valence-electron chi connectivity index (χ2n) is 3.60. The van der Waals surface area contributed by atoms with Crippen molar-refractivity contribution in [2.24, 2.45) is 0 Å². The van der Waals surface area contributed by atoms with Crippen molar-refractivity contribution < 1.29 is 14.5 Å². The molecule has 0 aliphatic rings. The number of esters is 1. The second-order valence-corrected chi connectivity index (χ2v) is 3.60. The first-order valence-corrected chi connectivity index (χ1v) is 5.51. The predicted octanol–water partition coefficient (Wildman–Crippen LogP) is 1.38. The summed E-state index contributed by atoms with van der Waals surface area (Å²) in [6, 6.07) is 2.85. The molecule has 0 aliphatic carbocycles. The molecule has 0 aromatic carbocycles. The molecule has 1 rings (SSSR count). The Hall–Kier alpha value is -2.18. The van der Waals surface area contributed by atoms with E-state index in [2.05, 4.69) is 9.72 Å². The fraction of sp³-hybridized carbons (Fsp3) is 0.455. The minimum absolute atomic E-state index is 0.0534. The van der Waals surface area contributed by atoms with E-state index in [0.717, 1.165) is 6.42 Å². The Bertz CT molecular complexity index is 436. The number of nitro groups is 1. The minimum Gasteiger partial charge on any atom is -0.468 e. The molecule has 0 aliphatic heterocycles. The molecule has 0 bridgehead atoms. The van der Waals surface area contributed by atoms with Gasteiger partial charge in [-0.3, -0.25) is 14.9 Å². The van der Waals surface area contributed by atoms with Crippen molar-refractivity contribution in [1.82, 2.24) is 4.98 Å². The van der Waals surface area contributed by atoms with Crippen LogP contribution in [0.5, 0.6) is 0 Å². The fourth-order valence-electron chi connectivity index (χ4n) is 1.52. The topological polar surface area (TPSA) is 85.6 Å². The zero-order valence-corrected chi connectivity index (χ0v) is 10.3. The number of anilines is 1. The third-order valence-electron chi connectivity index (χ3n) is 2.30. The zero-order valence-electron chi connectivity index (χ0n) is 10.3. The summed E-state index contributed by atoms with van der Waals surface area (Å²) >= 11 is 0. The highest BCUT2D eigenvalue weighted by Gasteiger charge is 2.22. The first kappa shape index (κ1) is 13.9. The Labute approximate surface area is 105 Å². The quantitative estimate of drug-likeness (QED) is 0.432. The van der Waals surface area contributed by atoms with Gasteiger partial charge in [-0.2, -0.15) is 0 Å². The summed E-state index contributed by atoms with van der Waals surface area (Å²) in [6.07, 6.45) is 2.20. The molecule has 7 heteroatoms. The van der Waals surface area contributed by atoms with E-state index in [1.54, 1.807) is 4.90 Å². The number of carbonyl (C=O) groups excluding carboxylic acids is 1. The number of carbonyl (C=O) groups is 1. The Morgan fingerprint density at radius 1 is 1.61 bits per heavy atom. The molecular formula is C11H15N3O4. The van der Waals surface area contributed by atoms with Gasteiger partial charge in [0.15, 0.2) is 0 Å². The molecule has 7 nitrogen and oxygen atoms in total. The van der Waals surface area contributed by atoms with Gasteiger partial charge in [-0.15, -0.1) is 0 Å². The van der Waals surface area contributed by atoms with Crippen molar-refractivity contribution in [3.8, 4) is 0 Å². The lowest BCUT2D eigenvalue weighted by Crippen LogP contribution is -2.32. The van der Waals surface area contributed by atoms with Crippen molar-refractivity contribution in [3.63, 3.8) is 0 Å². The van der Waals surface area contributed by atoms with Crippen LogP contribution in [0.2, 0.25) is 0 Å². The van der Waals surface area contributed by atoms with Crippen LogP contribution in [0.15, 0.2) is 18.3 Å². The zero-order chi connectivity index (χ0) is 13.5. The standard InChI is InChI=1S/C11H15N3O4/c1-3-7-13(8-10(15)18-2)11-9(14(16)17)5-4-6-12-11/h4-6H,3,7-8H2,1-2H3. The average Bonchev–Trinajstić information content (AvgIpc) is 2.38. The maximum atomic E-state index is 11.3. The summed E-state index contributed by atoms with van der Waals surface area (Å²) in [4.78, 5) is 27.2. The number of pyridine rings is 1. The van der Waals surface area contributed by atoms with Crippen LogP contribution >= 0.6 is 0 Å². The van der Waals surface area contributed by atoms with Gasteiger partial charge in [-0.05, 0) is 12.5 Å². The van der Waals surface area contributed by atoms with Crippen LogP contribution in [0.3, 0.4) is 0 Å². The lowest BCUT2D eigenvalue weighted by molar-refractivity contribution is -0.384. The number of ether oxygens (including phenoxy) is 1. The maximum absolute atomic E-state index is 11.3. The van der Waals surface area contributed by atoms with E-state index in [-0.39, 0.29) is 18.1 Å². The van der Waals surface area contributed by atoms with Crippen molar-refractivity contribution >= 4 is 17.5 Å². The van der Waals surface area contributed by atoms with Crippen LogP contribution < -0.4 is 4.90 Å². The van der Waals surface area contributed by atoms with Crippen molar-refractivity contribution in [2.45, 2.75) is 13.3 Å². The Kier molecular flexibility index (Phi) is 5.04. The molecule has 0 saturated heterocycles. The molecule has 1 aromatic heterocycles. The van der Waals surface area contributed by atoms with Gasteiger partial charge in [0.25, 0.3) is 0 Å². The molecule has 1 aromatic rings. The maximum Gasteiger partial charge on any atom is 0.325 e. The highest BCUT2D eigenvalue weighted by molar-refractivity contribution is 5.76. The number of rotatable bonds is 6. The Morgan fingerprint density at radius 3 is 2.89 bits per heavy atom. The summed E-state index contributed by atoms with van der Waals surface area (Å²) in [5.41, 5.74) is -0.116. The van der Waals surface area contributed by atoms with Gasteiger partial charge in [-0.1, -0.05) is 6.92 Å². The second kappa shape index (κ2) is 6.53. The van der Waals surface area contributed by atoms with Gasteiger partial charge < -0.3 is 9.64 Å². The van der Waals surface area contributed by atoms with Crippen LogP contribution in [-0.4, -0.2) is 36.1 Å². The number of nitrogens with zero attached hydrogens (tertiary/aromatic N) is 3. The van der Waals surface area contributed by atoms with Crippen LogP contribution in [-0.2, 0) is 9.53 Å². The molecule has 0 saturated carbocycles. The van der Waals surface area contributed by atoms with Crippen LogP contribution in [0.4, 0.5) is 11.5 Å². The molecule has 18 heavy (non-hydrogen) atoms. The molecule has 0 radical (unpaired) electrons. The number of methoxy groups -OCH3 is 1. The molecule has 0 fully saturated rings. The molecule has 98 valence electrons. The fourth-order valence-corrected chi connectivity index (χ4v) is 1.52. The van der Waals surface area contributed by atoms with E-state index in [1.807, 2.05) is 6.92 Å². The van der Waals surface area contributed by atoms with E-state index >= 15 is 0 Å². The molecular weight excluding hydrogens is 238 g/mol. The van der Waals surface area contributed by atoms with E-state index < -0.39 is 10.9 Å². The minimum atomic E-state index is -0.512. The van der Waals surface area contributed by atoms with Gasteiger partial charge in [-0.25, -0.2) is 4.98 Å². The lowest BCUT2D eigenvalue weighted by atomic mass is 10.3. The molecule has 0 amide bonds. The van der Waals surface area contributed by atoms with Crippen LogP contribution in [0.25, 0.3) is 0 Å². The smallest absolute Gasteiger partial charge is 0.325 e. The Balaban J connectivity index is 3.04. The number of aromatic nitrogens is 1. The van der Waals surface area contributed by atoms with E-state index in [9.17, 15) is 14.9 Å². The SMILES string of the molecule is CCCN(CC(=O)OC)c1ncccc1[N+](=O)[O-]. The van der Waals surface area contributed by atoms with E-state index in [1.165, 1.54) is 25.4 Å². The van der Waals surface area contributed by atoms with E-state index in [4.69, 9.17) is 0 Å². The molecule has 0 N–H and O–H groups in total. The average molecular weight is 253 g/mol. The molecule has 1 heterocycles. The summed E-state index contributed by atoms with van der Waals surface area (Å²) in [5.74, 6) is -0.266. The first-order valence-electron chi connectivity index (χ1n) is 5.51. The highest BCUT2D eigenvalue weighted by atomic mass is 16.6. The Morgan fingerprint density at radius 2 is 2.33 bits per heavy atom. The summed E-state index contributed by atoms with van der Waals surface area (Å²) in [7, 11) is 1.28. The van der Waals surface area contributed by atoms with Gasteiger partial charge in [0, 0.05) is 18.8 Å². The van der Waals surface area contributed by atoms with Gasteiger partial charge in [0.1, 0.15) is 6.54 Å².